The number of carbonyl (C=O) groups excluding carboxylic acids is 1. The number of aliphatic imine (C=N–C) groups is 1. The molecule has 2 heterocycles. The fourth-order valence-electron chi connectivity index (χ4n) is 1.55. The Morgan fingerprint density at radius 2 is 2.06 bits per heavy atom. The maximum atomic E-state index is 11.7. The summed E-state index contributed by atoms with van der Waals surface area (Å²) < 4.78 is 5.13. The Morgan fingerprint density at radius 3 is 2.78 bits per heavy atom. The molecule has 0 amide bonds. The first-order valence-corrected chi connectivity index (χ1v) is 6.23. The van der Waals surface area contributed by atoms with Gasteiger partial charge in [-0.15, -0.1) is 11.3 Å². The van der Waals surface area contributed by atoms with Crippen molar-refractivity contribution in [3.8, 4) is 0 Å². The zero-order valence-electron chi connectivity index (χ0n) is 9.24. The van der Waals surface area contributed by atoms with Crippen molar-refractivity contribution >= 4 is 29.3 Å². The minimum atomic E-state index is -0.443. The van der Waals surface area contributed by atoms with Crippen LogP contribution in [0.2, 0.25) is 0 Å². The van der Waals surface area contributed by atoms with Crippen molar-refractivity contribution in [3.05, 3.63) is 58.2 Å². The van der Waals surface area contributed by atoms with Gasteiger partial charge in [-0.2, -0.15) is 0 Å². The zero-order valence-corrected chi connectivity index (χ0v) is 10.1. The molecule has 0 spiro atoms. The van der Waals surface area contributed by atoms with Gasteiger partial charge in [0.2, 0.25) is 5.90 Å². The van der Waals surface area contributed by atoms with Gasteiger partial charge < -0.3 is 4.74 Å². The second-order valence-electron chi connectivity index (χ2n) is 3.62. The number of nitrogens with zero attached hydrogens (tertiary/aromatic N) is 2. The van der Waals surface area contributed by atoms with Crippen LogP contribution in [0.4, 0.5) is 0 Å². The molecule has 1 aliphatic rings. The molecule has 2 aromatic rings. The van der Waals surface area contributed by atoms with E-state index in [2.05, 4.69) is 9.98 Å². The van der Waals surface area contributed by atoms with Crippen LogP contribution in [0.3, 0.4) is 0 Å². The summed E-state index contributed by atoms with van der Waals surface area (Å²) in [4.78, 5) is 19.9. The quantitative estimate of drug-likeness (QED) is 0.612. The number of esters is 1. The molecule has 88 valence electrons. The van der Waals surface area contributed by atoms with Gasteiger partial charge in [-0.1, -0.05) is 18.2 Å². The van der Waals surface area contributed by atoms with Gasteiger partial charge in [0.05, 0.1) is 11.2 Å². The maximum absolute atomic E-state index is 11.7. The third-order valence-electron chi connectivity index (χ3n) is 2.38. The Hall–Kier alpha value is -2.27. The molecule has 0 fully saturated rings. The Kier molecular flexibility index (Phi) is 2.74. The largest absolute Gasteiger partial charge is 0.402 e. The average molecular weight is 256 g/mol. The normalized spacial score (nSPS) is 16.8. The van der Waals surface area contributed by atoms with E-state index in [4.69, 9.17) is 4.74 Å². The molecule has 0 unspecified atom stereocenters. The number of rotatable bonds is 2. The highest BCUT2D eigenvalue weighted by atomic mass is 32.1. The van der Waals surface area contributed by atoms with E-state index in [1.54, 1.807) is 11.6 Å². The van der Waals surface area contributed by atoms with Gasteiger partial charge in [0.25, 0.3) is 0 Å². The van der Waals surface area contributed by atoms with Gasteiger partial charge in [0.1, 0.15) is 0 Å². The van der Waals surface area contributed by atoms with E-state index in [-0.39, 0.29) is 5.70 Å². The predicted molar refractivity (Wildman–Crippen MR) is 69.2 cm³/mol. The number of hydrogen-bond donors (Lipinski definition) is 0. The van der Waals surface area contributed by atoms with Crippen LogP contribution in [0.25, 0.3) is 6.08 Å². The maximum Gasteiger partial charge on any atom is 0.363 e. The van der Waals surface area contributed by atoms with E-state index in [0.29, 0.717) is 11.6 Å². The van der Waals surface area contributed by atoms with Crippen LogP contribution in [0, 0.1) is 0 Å². The lowest BCUT2D eigenvalue weighted by molar-refractivity contribution is -0.129. The molecular weight excluding hydrogens is 248 g/mol. The molecule has 1 aliphatic heterocycles. The molecule has 18 heavy (non-hydrogen) atoms. The van der Waals surface area contributed by atoms with Crippen LogP contribution in [-0.2, 0) is 9.53 Å². The minimum absolute atomic E-state index is 0.278. The summed E-state index contributed by atoms with van der Waals surface area (Å²) in [6.45, 7) is 0. The van der Waals surface area contributed by atoms with Gasteiger partial charge in [-0.05, 0) is 18.2 Å². The van der Waals surface area contributed by atoms with E-state index in [9.17, 15) is 4.79 Å². The molecule has 5 heteroatoms. The van der Waals surface area contributed by atoms with Crippen molar-refractivity contribution in [2.75, 3.05) is 0 Å². The van der Waals surface area contributed by atoms with Crippen molar-refractivity contribution in [2.24, 2.45) is 4.99 Å². The van der Waals surface area contributed by atoms with E-state index in [1.165, 1.54) is 11.3 Å². The highest BCUT2D eigenvalue weighted by molar-refractivity contribution is 7.07. The van der Waals surface area contributed by atoms with Crippen LogP contribution >= 0.6 is 11.3 Å². The number of ether oxygens (including phenoxy) is 1. The summed E-state index contributed by atoms with van der Waals surface area (Å²) in [6.07, 6.45) is 1.62. The number of benzene rings is 1. The van der Waals surface area contributed by atoms with Crippen LogP contribution in [-0.4, -0.2) is 16.9 Å². The lowest BCUT2D eigenvalue weighted by atomic mass is 10.2. The molecule has 3 rings (SSSR count). The highest BCUT2D eigenvalue weighted by Crippen LogP contribution is 2.18. The smallest absolute Gasteiger partial charge is 0.363 e. The summed E-state index contributed by atoms with van der Waals surface area (Å²) in [5.41, 5.74) is 3.48. The number of cyclic esters (lactones) is 1. The number of hydrogen-bond acceptors (Lipinski definition) is 5. The summed E-state index contributed by atoms with van der Waals surface area (Å²) in [5.74, 6) is -0.107. The number of aromatic nitrogens is 1. The number of carbonyl (C=O) groups is 1. The summed E-state index contributed by atoms with van der Waals surface area (Å²) in [6, 6.07) is 9.32. The van der Waals surface area contributed by atoms with Crippen molar-refractivity contribution in [2.45, 2.75) is 0 Å². The van der Waals surface area contributed by atoms with E-state index >= 15 is 0 Å². The third kappa shape index (κ3) is 2.08. The van der Waals surface area contributed by atoms with Crippen LogP contribution in [0.15, 0.2) is 51.9 Å². The second kappa shape index (κ2) is 4.54. The first-order valence-electron chi connectivity index (χ1n) is 5.29. The third-order valence-corrected chi connectivity index (χ3v) is 2.98. The lowest BCUT2D eigenvalue weighted by Gasteiger charge is -1.97. The topological polar surface area (TPSA) is 51.5 Å². The van der Waals surface area contributed by atoms with Gasteiger partial charge in [0.15, 0.2) is 5.70 Å². The Labute approximate surface area is 107 Å². The Morgan fingerprint density at radius 1 is 1.22 bits per heavy atom. The first-order chi connectivity index (χ1) is 8.83. The van der Waals surface area contributed by atoms with Crippen molar-refractivity contribution in [1.29, 1.82) is 0 Å². The van der Waals surface area contributed by atoms with E-state index in [1.807, 2.05) is 35.7 Å². The fourth-order valence-corrected chi connectivity index (χ4v) is 2.06. The molecule has 0 bridgehead atoms. The molecular formula is C13H8N2O2S. The van der Waals surface area contributed by atoms with Crippen molar-refractivity contribution in [1.82, 2.24) is 4.98 Å². The summed E-state index contributed by atoms with van der Waals surface area (Å²) in [7, 11) is 0. The molecule has 0 saturated heterocycles. The minimum Gasteiger partial charge on any atom is -0.402 e. The average Bonchev–Trinajstić information content (AvgIpc) is 3.02. The standard InChI is InChI=1S/C13H8N2O2S/c16-13-11(6-10-7-18-8-14-10)15-12(17-13)9-4-2-1-3-5-9/h1-8H/b11-6+. The molecule has 0 atom stereocenters. The van der Waals surface area contributed by atoms with E-state index in [0.717, 1.165) is 5.56 Å². The van der Waals surface area contributed by atoms with Crippen LogP contribution in [0.5, 0.6) is 0 Å². The molecule has 0 aliphatic carbocycles. The highest BCUT2D eigenvalue weighted by Gasteiger charge is 2.23. The van der Waals surface area contributed by atoms with Gasteiger partial charge >= 0.3 is 5.97 Å². The van der Waals surface area contributed by atoms with Crippen LogP contribution in [0.1, 0.15) is 11.3 Å². The molecule has 0 radical (unpaired) electrons. The molecule has 1 aromatic carbocycles. The summed E-state index contributed by atoms with van der Waals surface area (Å²) >= 11 is 1.47. The van der Waals surface area contributed by atoms with Crippen molar-refractivity contribution < 1.29 is 9.53 Å². The van der Waals surface area contributed by atoms with Crippen molar-refractivity contribution in [3.63, 3.8) is 0 Å². The molecule has 1 aromatic heterocycles. The van der Waals surface area contributed by atoms with Gasteiger partial charge in [-0.3, -0.25) is 0 Å². The zero-order chi connectivity index (χ0) is 12.4. The fraction of sp³-hybridized carbons (Fsp3) is 0. The molecule has 0 saturated carbocycles. The van der Waals surface area contributed by atoms with Crippen LogP contribution < -0.4 is 0 Å². The van der Waals surface area contributed by atoms with Gasteiger partial charge in [-0.25, -0.2) is 14.8 Å². The lowest BCUT2D eigenvalue weighted by Crippen LogP contribution is -2.04. The summed E-state index contributed by atoms with van der Waals surface area (Å²) in [5, 5.41) is 1.84. The first kappa shape index (κ1) is 10.9. The predicted octanol–water partition coefficient (Wildman–Crippen LogP) is 2.49. The Balaban J connectivity index is 1.95. The number of thiazole rings is 1. The van der Waals surface area contributed by atoms with E-state index < -0.39 is 5.97 Å². The Bertz CT molecular complexity index is 630. The SMILES string of the molecule is O=C1OC(c2ccccc2)=N/C1=C/c1cscn1. The molecule has 0 N–H and O–H groups in total. The second-order valence-corrected chi connectivity index (χ2v) is 4.33. The monoisotopic (exact) mass is 256 g/mol. The van der Waals surface area contributed by atoms with Gasteiger partial charge in [0, 0.05) is 10.9 Å². The molecule has 4 nitrogen and oxygen atoms in total.